The number of carbonyl (C=O) groups excluding carboxylic acids is 1. The minimum atomic E-state index is -0.679. The number of hydrogen-bond acceptors (Lipinski definition) is 7. The molecule has 37 heavy (non-hydrogen) atoms. The Hall–Kier alpha value is -5.03. The summed E-state index contributed by atoms with van der Waals surface area (Å²) < 4.78 is 5.01. The second-order valence-corrected chi connectivity index (χ2v) is 8.18. The van der Waals surface area contributed by atoms with Crippen molar-refractivity contribution in [2.75, 3.05) is 28.3 Å². The third-order valence-corrected chi connectivity index (χ3v) is 5.65. The second-order valence-electron chi connectivity index (χ2n) is 8.18. The number of ether oxygens (including phenoxy) is 1. The number of nitriles is 1. The fourth-order valence-corrected chi connectivity index (χ4v) is 3.92. The lowest BCUT2D eigenvalue weighted by Gasteiger charge is -2.25. The summed E-state index contributed by atoms with van der Waals surface area (Å²) in [5, 5.41) is 19.3. The van der Waals surface area contributed by atoms with Gasteiger partial charge in [-0.25, -0.2) is 9.78 Å². The molecule has 1 atom stereocenters. The molecule has 1 amide bonds. The minimum absolute atomic E-state index is 0.219. The van der Waals surface area contributed by atoms with Crippen molar-refractivity contribution in [2.24, 2.45) is 0 Å². The minimum Gasteiger partial charge on any atom is -0.450 e. The summed E-state index contributed by atoms with van der Waals surface area (Å²) in [4.78, 5) is 16.8. The predicted octanol–water partition coefficient (Wildman–Crippen LogP) is 6.11. The van der Waals surface area contributed by atoms with E-state index in [1.54, 1.807) is 6.92 Å². The van der Waals surface area contributed by atoms with Crippen molar-refractivity contribution in [3.63, 3.8) is 0 Å². The summed E-state index contributed by atoms with van der Waals surface area (Å²) in [6.07, 6.45) is -0.636. The smallest absolute Gasteiger partial charge is 0.412 e. The third kappa shape index (κ3) is 6.35. The van der Waals surface area contributed by atoms with Crippen LogP contribution in [0.15, 0.2) is 97.1 Å². The monoisotopic (exact) mass is 492 g/mol. The number of nitrogens with zero attached hydrogens (tertiary/aromatic N) is 2. The number of amides is 1. The normalized spacial score (nSPS) is 11.3. The van der Waals surface area contributed by atoms with Gasteiger partial charge in [-0.2, -0.15) is 5.26 Å². The van der Waals surface area contributed by atoms with Crippen molar-refractivity contribution < 1.29 is 9.53 Å². The highest BCUT2D eigenvalue weighted by molar-refractivity contribution is 5.88. The molecule has 0 radical (unpaired) electrons. The van der Waals surface area contributed by atoms with Crippen LogP contribution < -0.4 is 21.7 Å². The molecule has 0 aliphatic carbocycles. The number of hydrogen-bond donors (Lipinski definition) is 4. The van der Waals surface area contributed by atoms with Gasteiger partial charge in [0.2, 0.25) is 0 Å². The molecular formula is C29H28N6O2. The molecule has 0 saturated heterocycles. The molecule has 186 valence electrons. The number of nitrogen functional groups attached to an aromatic ring is 1. The number of pyridine rings is 1. The van der Waals surface area contributed by atoms with Crippen LogP contribution in [-0.2, 0) is 4.74 Å². The van der Waals surface area contributed by atoms with Gasteiger partial charge in [0.25, 0.3) is 0 Å². The summed E-state index contributed by atoms with van der Waals surface area (Å²) >= 11 is 0. The van der Waals surface area contributed by atoms with Crippen LogP contribution >= 0.6 is 0 Å². The Balaban J connectivity index is 1.78. The lowest BCUT2D eigenvalue weighted by atomic mass is 9.98. The predicted molar refractivity (Wildman–Crippen MR) is 146 cm³/mol. The van der Waals surface area contributed by atoms with Crippen LogP contribution in [0, 0.1) is 11.3 Å². The number of rotatable bonds is 9. The van der Waals surface area contributed by atoms with E-state index in [1.165, 1.54) is 6.07 Å². The fraction of sp³-hybridized carbons (Fsp3) is 0.138. The Kier molecular flexibility index (Phi) is 8.19. The Morgan fingerprint density at radius 1 is 0.919 bits per heavy atom. The van der Waals surface area contributed by atoms with E-state index in [0.29, 0.717) is 17.2 Å². The molecule has 0 aliphatic rings. The van der Waals surface area contributed by atoms with E-state index in [4.69, 9.17) is 10.5 Å². The van der Waals surface area contributed by atoms with Gasteiger partial charge in [-0.05, 0) is 23.6 Å². The van der Waals surface area contributed by atoms with Crippen LogP contribution in [0.1, 0.15) is 35.7 Å². The number of aromatic nitrogens is 1. The van der Waals surface area contributed by atoms with E-state index in [1.807, 2.05) is 91.0 Å². The first-order valence-electron chi connectivity index (χ1n) is 11.9. The molecule has 5 N–H and O–H groups in total. The Morgan fingerprint density at radius 3 is 1.97 bits per heavy atom. The van der Waals surface area contributed by atoms with Crippen molar-refractivity contribution in [3.05, 3.63) is 114 Å². The maximum atomic E-state index is 12.1. The summed E-state index contributed by atoms with van der Waals surface area (Å²) in [5.41, 5.74) is 10.0. The zero-order valence-corrected chi connectivity index (χ0v) is 20.4. The average Bonchev–Trinajstić information content (AvgIpc) is 2.93. The van der Waals surface area contributed by atoms with Gasteiger partial charge in [-0.1, -0.05) is 91.0 Å². The maximum absolute atomic E-state index is 12.1. The first-order valence-corrected chi connectivity index (χ1v) is 11.9. The Bertz CT molecular complexity index is 1320. The highest BCUT2D eigenvalue weighted by Crippen LogP contribution is 2.36. The standard InChI is InChI=1S/C29H28N6O2/c1-2-37-29(36)34-25-18-23(31)27(32-24(19-30)20-12-6-3-7-13-20)28(33-25)35-26(21-14-8-4-9-15-21)22-16-10-5-11-17-22/h3-18,24,26,32H,2H2,1H3,(H4,31,33,34,35,36). The maximum Gasteiger partial charge on any atom is 0.412 e. The van der Waals surface area contributed by atoms with Gasteiger partial charge in [0.05, 0.1) is 24.4 Å². The van der Waals surface area contributed by atoms with Gasteiger partial charge < -0.3 is 21.1 Å². The molecule has 8 nitrogen and oxygen atoms in total. The van der Waals surface area contributed by atoms with E-state index in [-0.39, 0.29) is 18.5 Å². The van der Waals surface area contributed by atoms with Gasteiger partial charge in [0.15, 0.2) is 5.82 Å². The summed E-state index contributed by atoms with van der Waals surface area (Å²) in [5.74, 6) is 0.595. The number of anilines is 4. The molecule has 8 heteroatoms. The summed E-state index contributed by atoms with van der Waals surface area (Å²) in [6, 6.07) is 32.1. The summed E-state index contributed by atoms with van der Waals surface area (Å²) in [7, 11) is 0. The first kappa shape index (κ1) is 25.1. The second kappa shape index (κ2) is 12.1. The molecule has 0 spiro atoms. The number of nitrogens with two attached hydrogens (primary N) is 1. The van der Waals surface area contributed by atoms with E-state index in [2.05, 4.69) is 27.0 Å². The van der Waals surface area contributed by atoms with E-state index in [9.17, 15) is 10.1 Å². The molecule has 1 heterocycles. The molecule has 1 unspecified atom stereocenters. The Morgan fingerprint density at radius 2 is 1.46 bits per heavy atom. The van der Waals surface area contributed by atoms with Crippen molar-refractivity contribution in [1.29, 1.82) is 5.26 Å². The van der Waals surface area contributed by atoms with Crippen LogP contribution in [0.3, 0.4) is 0 Å². The lowest BCUT2D eigenvalue weighted by molar-refractivity contribution is 0.168. The molecule has 4 rings (SSSR count). The molecule has 0 bridgehead atoms. The quantitative estimate of drug-likeness (QED) is 0.222. The molecule has 4 aromatic rings. The summed E-state index contributed by atoms with van der Waals surface area (Å²) in [6.45, 7) is 1.94. The SMILES string of the molecule is CCOC(=O)Nc1cc(N)c(NC(C#N)c2ccccc2)c(NC(c2ccccc2)c2ccccc2)n1. The van der Waals surface area contributed by atoms with Crippen molar-refractivity contribution >= 4 is 29.1 Å². The van der Waals surface area contributed by atoms with Crippen molar-refractivity contribution in [3.8, 4) is 6.07 Å². The number of nitrogens with one attached hydrogen (secondary N) is 3. The van der Waals surface area contributed by atoms with Gasteiger partial charge >= 0.3 is 6.09 Å². The van der Waals surface area contributed by atoms with Gasteiger partial charge in [-0.3, -0.25) is 5.32 Å². The topological polar surface area (TPSA) is 125 Å². The third-order valence-electron chi connectivity index (χ3n) is 5.65. The highest BCUT2D eigenvalue weighted by Gasteiger charge is 2.22. The molecule has 1 aromatic heterocycles. The largest absolute Gasteiger partial charge is 0.450 e. The van der Waals surface area contributed by atoms with Crippen molar-refractivity contribution in [1.82, 2.24) is 4.98 Å². The van der Waals surface area contributed by atoms with Gasteiger partial charge in [0.1, 0.15) is 17.5 Å². The van der Waals surface area contributed by atoms with E-state index < -0.39 is 12.1 Å². The van der Waals surface area contributed by atoms with Crippen LogP contribution in [-0.4, -0.2) is 17.7 Å². The molecule has 0 saturated carbocycles. The number of benzene rings is 3. The van der Waals surface area contributed by atoms with Gasteiger partial charge in [0, 0.05) is 6.07 Å². The average molecular weight is 493 g/mol. The lowest BCUT2D eigenvalue weighted by Crippen LogP contribution is -2.19. The highest BCUT2D eigenvalue weighted by atomic mass is 16.5. The molecule has 0 aliphatic heterocycles. The van der Waals surface area contributed by atoms with Gasteiger partial charge in [-0.15, -0.1) is 0 Å². The molecule has 0 fully saturated rings. The number of carbonyl (C=O) groups is 1. The molecular weight excluding hydrogens is 464 g/mol. The van der Waals surface area contributed by atoms with Crippen LogP contribution in [0.4, 0.5) is 27.8 Å². The van der Waals surface area contributed by atoms with E-state index in [0.717, 1.165) is 16.7 Å². The fourth-order valence-electron chi connectivity index (χ4n) is 3.92. The molecule has 3 aromatic carbocycles. The first-order chi connectivity index (χ1) is 18.1. The van der Waals surface area contributed by atoms with Crippen molar-refractivity contribution in [2.45, 2.75) is 19.0 Å². The Labute approximate surface area is 216 Å². The van der Waals surface area contributed by atoms with Crippen LogP contribution in [0.2, 0.25) is 0 Å². The zero-order chi connectivity index (χ0) is 26.0. The van der Waals surface area contributed by atoms with Crippen LogP contribution in [0.5, 0.6) is 0 Å². The zero-order valence-electron chi connectivity index (χ0n) is 20.4. The van der Waals surface area contributed by atoms with Crippen LogP contribution in [0.25, 0.3) is 0 Å². The van der Waals surface area contributed by atoms with E-state index >= 15 is 0 Å².